The molecule has 0 aromatic heterocycles. The van der Waals surface area contributed by atoms with Crippen molar-refractivity contribution in [1.82, 2.24) is 5.32 Å². The van der Waals surface area contributed by atoms with Gasteiger partial charge >= 0.3 is 0 Å². The smallest absolute Gasteiger partial charge is 0.0591 e. The van der Waals surface area contributed by atoms with E-state index in [2.05, 4.69) is 12.2 Å². The molecular formula is C13H27NO. The topological polar surface area (TPSA) is 32.3 Å². The Labute approximate surface area is 94.5 Å². The van der Waals surface area contributed by atoms with Gasteiger partial charge in [0.1, 0.15) is 0 Å². The van der Waals surface area contributed by atoms with Crippen LogP contribution >= 0.6 is 0 Å². The average Bonchev–Trinajstić information content (AvgIpc) is 2.54. The van der Waals surface area contributed by atoms with Crippen LogP contribution in [-0.4, -0.2) is 22.8 Å². The molecule has 1 aliphatic carbocycles. The third kappa shape index (κ3) is 6.16. The molecule has 1 fully saturated rings. The van der Waals surface area contributed by atoms with Crippen molar-refractivity contribution in [2.45, 2.75) is 83.4 Å². The summed E-state index contributed by atoms with van der Waals surface area (Å²) < 4.78 is 0. The summed E-state index contributed by atoms with van der Waals surface area (Å²) in [5.74, 6) is 0. The van der Waals surface area contributed by atoms with Crippen molar-refractivity contribution in [3.63, 3.8) is 0 Å². The number of aliphatic hydroxyl groups is 1. The molecule has 2 nitrogen and oxygen atoms in total. The van der Waals surface area contributed by atoms with Crippen molar-refractivity contribution >= 4 is 0 Å². The largest absolute Gasteiger partial charge is 0.390 e. The highest BCUT2D eigenvalue weighted by Crippen LogP contribution is 2.19. The second-order valence-corrected chi connectivity index (χ2v) is 5.75. The fourth-order valence-corrected chi connectivity index (χ4v) is 2.42. The summed E-state index contributed by atoms with van der Waals surface area (Å²) >= 11 is 0. The highest BCUT2D eigenvalue weighted by atomic mass is 16.3. The van der Waals surface area contributed by atoms with Crippen molar-refractivity contribution in [1.29, 1.82) is 0 Å². The van der Waals surface area contributed by atoms with Crippen LogP contribution in [0.2, 0.25) is 0 Å². The van der Waals surface area contributed by atoms with Gasteiger partial charge in [0.25, 0.3) is 0 Å². The lowest BCUT2D eigenvalue weighted by Gasteiger charge is -2.21. The SMILES string of the molecule is C[C@H](CCCC(C)(C)O)NC1CCCC1. The summed E-state index contributed by atoms with van der Waals surface area (Å²) in [6.45, 7) is 6.05. The van der Waals surface area contributed by atoms with E-state index >= 15 is 0 Å². The standard InChI is InChI=1S/C13H27NO/c1-11(7-6-10-13(2,3)15)14-12-8-4-5-9-12/h11-12,14-15H,4-10H2,1-3H3/t11-/m1/s1. The summed E-state index contributed by atoms with van der Waals surface area (Å²) in [6, 6.07) is 1.37. The van der Waals surface area contributed by atoms with Crippen LogP contribution in [0.1, 0.15) is 65.7 Å². The van der Waals surface area contributed by atoms with Gasteiger partial charge in [-0.3, -0.25) is 0 Å². The molecule has 0 aromatic rings. The Morgan fingerprint density at radius 2 is 1.93 bits per heavy atom. The summed E-state index contributed by atoms with van der Waals surface area (Å²) in [4.78, 5) is 0. The maximum atomic E-state index is 9.59. The summed E-state index contributed by atoms with van der Waals surface area (Å²) in [5.41, 5.74) is -0.493. The molecule has 2 N–H and O–H groups in total. The lowest BCUT2D eigenvalue weighted by atomic mass is 9.99. The monoisotopic (exact) mass is 213 g/mol. The molecule has 0 aliphatic heterocycles. The third-order valence-electron chi connectivity index (χ3n) is 3.30. The van der Waals surface area contributed by atoms with Crippen molar-refractivity contribution in [3.8, 4) is 0 Å². The predicted octanol–water partition coefficient (Wildman–Crippen LogP) is 2.85. The molecule has 2 heteroatoms. The molecule has 0 unspecified atom stereocenters. The number of hydrogen-bond acceptors (Lipinski definition) is 2. The molecule has 0 amide bonds. The Bertz CT molecular complexity index is 168. The van der Waals surface area contributed by atoms with E-state index in [1.165, 1.54) is 32.1 Å². The van der Waals surface area contributed by atoms with Crippen LogP contribution < -0.4 is 5.32 Å². The molecule has 1 rings (SSSR count). The van der Waals surface area contributed by atoms with E-state index in [0.29, 0.717) is 6.04 Å². The minimum absolute atomic E-state index is 0.493. The number of nitrogens with one attached hydrogen (secondary N) is 1. The van der Waals surface area contributed by atoms with Crippen LogP contribution in [0.5, 0.6) is 0 Å². The van der Waals surface area contributed by atoms with Gasteiger partial charge in [-0.15, -0.1) is 0 Å². The van der Waals surface area contributed by atoms with Gasteiger partial charge in [-0.2, -0.15) is 0 Å². The normalized spacial score (nSPS) is 20.8. The quantitative estimate of drug-likeness (QED) is 0.711. The maximum absolute atomic E-state index is 9.59. The predicted molar refractivity (Wildman–Crippen MR) is 65.0 cm³/mol. The van der Waals surface area contributed by atoms with Gasteiger partial charge in [0.05, 0.1) is 5.60 Å². The Hall–Kier alpha value is -0.0800. The zero-order chi connectivity index (χ0) is 11.3. The molecule has 1 aliphatic rings. The van der Waals surface area contributed by atoms with E-state index in [0.717, 1.165) is 18.9 Å². The zero-order valence-corrected chi connectivity index (χ0v) is 10.6. The fourth-order valence-electron chi connectivity index (χ4n) is 2.42. The molecule has 0 aromatic carbocycles. The van der Waals surface area contributed by atoms with E-state index in [9.17, 15) is 5.11 Å². The van der Waals surface area contributed by atoms with E-state index in [4.69, 9.17) is 0 Å². The molecule has 1 saturated carbocycles. The lowest BCUT2D eigenvalue weighted by molar-refractivity contribution is 0.0674. The van der Waals surface area contributed by atoms with Crippen LogP contribution in [0.3, 0.4) is 0 Å². The zero-order valence-electron chi connectivity index (χ0n) is 10.6. The van der Waals surface area contributed by atoms with Crippen LogP contribution in [0.4, 0.5) is 0 Å². The average molecular weight is 213 g/mol. The van der Waals surface area contributed by atoms with Gasteiger partial charge in [-0.25, -0.2) is 0 Å². The van der Waals surface area contributed by atoms with E-state index in [-0.39, 0.29) is 0 Å². The van der Waals surface area contributed by atoms with Gasteiger partial charge < -0.3 is 10.4 Å². The first kappa shape index (κ1) is 13.0. The van der Waals surface area contributed by atoms with E-state index in [1.807, 2.05) is 13.8 Å². The minimum atomic E-state index is -0.493. The van der Waals surface area contributed by atoms with Crippen molar-refractivity contribution in [3.05, 3.63) is 0 Å². The van der Waals surface area contributed by atoms with Crippen molar-refractivity contribution < 1.29 is 5.11 Å². The molecule has 0 radical (unpaired) electrons. The van der Waals surface area contributed by atoms with Crippen molar-refractivity contribution in [2.75, 3.05) is 0 Å². The Balaban J connectivity index is 2.05. The Kier molecular flexibility index (Phi) is 5.07. The summed E-state index contributed by atoms with van der Waals surface area (Å²) in [6.07, 6.45) is 8.71. The van der Waals surface area contributed by atoms with Crippen LogP contribution in [0.15, 0.2) is 0 Å². The molecule has 15 heavy (non-hydrogen) atoms. The molecule has 0 spiro atoms. The molecule has 0 saturated heterocycles. The van der Waals surface area contributed by atoms with Gasteiger partial charge in [0, 0.05) is 12.1 Å². The minimum Gasteiger partial charge on any atom is -0.390 e. The molecule has 0 heterocycles. The molecular weight excluding hydrogens is 186 g/mol. The third-order valence-corrected chi connectivity index (χ3v) is 3.30. The Morgan fingerprint density at radius 1 is 1.33 bits per heavy atom. The molecule has 0 bridgehead atoms. The lowest BCUT2D eigenvalue weighted by Crippen LogP contribution is -2.34. The molecule has 90 valence electrons. The van der Waals surface area contributed by atoms with Crippen molar-refractivity contribution in [2.24, 2.45) is 0 Å². The highest BCUT2D eigenvalue weighted by Gasteiger charge is 2.17. The second-order valence-electron chi connectivity index (χ2n) is 5.75. The number of hydrogen-bond donors (Lipinski definition) is 2. The first-order chi connectivity index (χ1) is 6.97. The van der Waals surface area contributed by atoms with Crippen LogP contribution in [-0.2, 0) is 0 Å². The second kappa shape index (κ2) is 5.86. The van der Waals surface area contributed by atoms with Gasteiger partial charge in [-0.05, 0) is 52.9 Å². The van der Waals surface area contributed by atoms with E-state index < -0.39 is 5.60 Å². The first-order valence-electron chi connectivity index (χ1n) is 6.46. The van der Waals surface area contributed by atoms with Gasteiger partial charge in [0.15, 0.2) is 0 Å². The molecule has 1 atom stereocenters. The Morgan fingerprint density at radius 3 is 2.47 bits per heavy atom. The summed E-state index contributed by atoms with van der Waals surface area (Å²) in [5, 5.41) is 13.3. The summed E-state index contributed by atoms with van der Waals surface area (Å²) in [7, 11) is 0. The number of rotatable bonds is 6. The fraction of sp³-hybridized carbons (Fsp3) is 1.00. The van der Waals surface area contributed by atoms with Crippen LogP contribution in [0.25, 0.3) is 0 Å². The van der Waals surface area contributed by atoms with Gasteiger partial charge in [-0.1, -0.05) is 12.8 Å². The van der Waals surface area contributed by atoms with E-state index in [1.54, 1.807) is 0 Å². The van der Waals surface area contributed by atoms with Gasteiger partial charge in [0.2, 0.25) is 0 Å². The van der Waals surface area contributed by atoms with Crippen LogP contribution in [0, 0.1) is 0 Å². The maximum Gasteiger partial charge on any atom is 0.0591 e. The highest BCUT2D eigenvalue weighted by molar-refractivity contribution is 4.77. The first-order valence-corrected chi connectivity index (χ1v) is 6.46.